The molecule has 0 aliphatic carbocycles. The van der Waals surface area contributed by atoms with Crippen molar-refractivity contribution in [1.82, 2.24) is 20.5 Å². The molecule has 2 aromatic rings. The fourth-order valence-electron chi connectivity index (χ4n) is 3.84. The van der Waals surface area contributed by atoms with Crippen molar-refractivity contribution in [3.8, 4) is 6.07 Å². The summed E-state index contributed by atoms with van der Waals surface area (Å²) < 4.78 is 27.1. The Bertz CT molecular complexity index is 1200. The molecular weight excluding hydrogens is 432 g/mol. The van der Waals surface area contributed by atoms with E-state index in [-0.39, 0.29) is 11.5 Å². The minimum Gasteiger partial charge on any atom is -0.348 e. The molecule has 1 aromatic heterocycles. The third kappa shape index (κ3) is 4.72. The van der Waals surface area contributed by atoms with Crippen molar-refractivity contribution in [2.75, 3.05) is 13.1 Å². The Kier molecular flexibility index (Phi) is 5.87. The number of likely N-dealkylation sites (tertiary alicyclic amines) is 1. The molecule has 0 unspecified atom stereocenters. The van der Waals surface area contributed by atoms with Crippen LogP contribution in [0.3, 0.4) is 0 Å². The minimum absolute atomic E-state index is 0.111. The second kappa shape index (κ2) is 8.78. The minimum atomic E-state index is -3.12. The molecule has 0 spiro atoms. The number of benzene rings is 1. The van der Waals surface area contributed by atoms with Gasteiger partial charge in [0.2, 0.25) is 5.91 Å². The molecule has 1 atom stereocenters. The normalized spacial score (nSPS) is 18.6. The van der Waals surface area contributed by atoms with E-state index in [4.69, 9.17) is 5.26 Å². The Balaban J connectivity index is 1.43. The Morgan fingerprint density at radius 2 is 2.15 bits per heavy atom. The third-order valence-electron chi connectivity index (χ3n) is 5.50. The molecule has 3 heterocycles. The van der Waals surface area contributed by atoms with E-state index < -0.39 is 43.3 Å². The highest BCUT2D eigenvalue weighted by Crippen LogP contribution is 2.31. The van der Waals surface area contributed by atoms with Gasteiger partial charge >= 0.3 is 0 Å². The van der Waals surface area contributed by atoms with Crippen LogP contribution < -0.4 is 10.6 Å². The molecule has 1 aromatic carbocycles. The van der Waals surface area contributed by atoms with Gasteiger partial charge in [0.25, 0.3) is 17.7 Å². The standard InChI is InChI=1S/C23H19F2N5O3/c24-23(25)8-17(9-26)30(13-23)20(31)12-29-22(33)19-5-6-27-10-15(19)3-1-14-2-4-18-16(7-14)11-28-21(18)32/h1-7,10,17H,8,11-13H2,(H,28,32)(H,29,33)/b3-1+/t17-/m0/s1. The van der Waals surface area contributed by atoms with E-state index in [1.807, 2.05) is 6.07 Å². The molecule has 4 rings (SSSR count). The summed E-state index contributed by atoms with van der Waals surface area (Å²) in [4.78, 5) is 41.5. The lowest BCUT2D eigenvalue weighted by atomic mass is 10.0. The lowest BCUT2D eigenvalue weighted by Gasteiger charge is -2.19. The Morgan fingerprint density at radius 1 is 1.33 bits per heavy atom. The molecule has 1 saturated heterocycles. The number of halogens is 2. The first-order chi connectivity index (χ1) is 15.8. The van der Waals surface area contributed by atoms with Gasteiger partial charge < -0.3 is 15.5 Å². The molecule has 2 aliphatic rings. The number of aromatic nitrogens is 1. The highest BCUT2D eigenvalue weighted by Gasteiger charge is 2.47. The van der Waals surface area contributed by atoms with Gasteiger partial charge in [-0.3, -0.25) is 19.4 Å². The average molecular weight is 451 g/mol. The summed E-state index contributed by atoms with van der Waals surface area (Å²) in [6.07, 6.45) is 5.65. The van der Waals surface area contributed by atoms with E-state index in [1.165, 1.54) is 18.5 Å². The Hall–Kier alpha value is -4.13. The van der Waals surface area contributed by atoms with Crippen molar-refractivity contribution >= 4 is 29.9 Å². The van der Waals surface area contributed by atoms with Crippen LogP contribution in [0.1, 0.15) is 43.8 Å². The molecule has 2 aliphatic heterocycles. The van der Waals surface area contributed by atoms with E-state index in [0.717, 1.165) is 16.0 Å². The van der Waals surface area contributed by atoms with E-state index in [1.54, 1.807) is 30.4 Å². The zero-order valence-electron chi connectivity index (χ0n) is 17.3. The van der Waals surface area contributed by atoms with Gasteiger partial charge in [0.1, 0.15) is 6.04 Å². The highest BCUT2D eigenvalue weighted by atomic mass is 19.3. The van der Waals surface area contributed by atoms with Gasteiger partial charge in [-0.1, -0.05) is 18.2 Å². The number of hydrogen-bond donors (Lipinski definition) is 2. The summed E-state index contributed by atoms with van der Waals surface area (Å²) in [5.41, 5.74) is 3.07. The first-order valence-corrected chi connectivity index (χ1v) is 10.2. The molecule has 33 heavy (non-hydrogen) atoms. The number of amides is 3. The highest BCUT2D eigenvalue weighted by molar-refractivity contribution is 6.00. The molecule has 2 N–H and O–H groups in total. The summed E-state index contributed by atoms with van der Waals surface area (Å²) in [6, 6.07) is 7.35. The van der Waals surface area contributed by atoms with Gasteiger partial charge in [0.05, 0.1) is 19.2 Å². The second-order valence-corrected chi connectivity index (χ2v) is 7.80. The Morgan fingerprint density at radius 3 is 2.94 bits per heavy atom. The fraction of sp³-hybridized carbons (Fsp3) is 0.261. The molecule has 3 amide bonds. The quantitative estimate of drug-likeness (QED) is 0.722. The van der Waals surface area contributed by atoms with Crippen molar-refractivity contribution in [1.29, 1.82) is 5.26 Å². The Labute approximate surface area is 187 Å². The summed E-state index contributed by atoms with van der Waals surface area (Å²) >= 11 is 0. The lowest BCUT2D eigenvalue weighted by Crippen LogP contribution is -2.43. The summed E-state index contributed by atoms with van der Waals surface area (Å²) in [5.74, 6) is -4.56. The maximum Gasteiger partial charge on any atom is 0.268 e. The molecular formula is C23H19F2N5O3. The molecule has 168 valence electrons. The van der Waals surface area contributed by atoms with E-state index in [2.05, 4.69) is 15.6 Å². The molecule has 0 bridgehead atoms. The SMILES string of the molecule is N#C[C@@H]1CC(F)(F)CN1C(=O)CNC(=O)c1ccncc1/C=C/c1ccc2c(c1)CNC2=O. The average Bonchev–Trinajstić information content (AvgIpc) is 3.34. The third-order valence-corrected chi connectivity index (χ3v) is 5.50. The van der Waals surface area contributed by atoms with Crippen molar-refractivity contribution in [2.24, 2.45) is 0 Å². The van der Waals surface area contributed by atoms with Crippen molar-refractivity contribution in [3.63, 3.8) is 0 Å². The van der Waals surface area contributed by atoms with Crippen LogP contribution in [0, 0.1) is 11.3 Å². The van der Waals surface area contributed by atoms with Crippen molar-refractivity contribution in [2.45, 2.75) is 24.9 Å². The van der Waals surface area contributed by atoms with Gasteiger partial charge in [-0.15, -0.1) is 0 Å². The second-order valence-electron chi connectivity index (χ2n) is 7.80. The van der Waals surface area contributed by atoms with Crippen LogP contribution in [0.4, 0.5) is 8.78 Å². The van der Waals surface area contributed by atoms with E-state index in [0.29, 0.717) is 17.7 Å². The number of carbonyl (C=O) groups is 3. The monoisotopic (exact) mass is 451 g/mol. The van der Waals surface area contributed by atoms with Crippen LogP contribution in [0.15, 0.2) is 36.7 Å². The number of pyridine rings is 1. The maximum atomic E-state index is 13.6. The summed E-state index contributed by atoms with van der Waals surface area (Å²) in [6.45, 7) is -0.893. The predicted molar refractivity (Wildman–Crippen MR) is 114 cm³/mol. The number of nitriles is 1. The van der Waals surface area contributed by atoms with Crippen LogP contribution >= 0.6 is 0 Å². The van der Waals surface area contributed by atoms with E-state index >= 15 is 0 Å². The number of nitrogens with one attached hydrogen (secondary N) is 2. The molecule has 10 heteroatoms. The largest absolute Gasteiger partial charge is 0.348 e. The van der Waals surface area contributed by atoms with Crippen LogP contribution in [-0.4, -0.2) is 52.7 Å². The van der Waals surface area contributed by atoms with Gasteiger partial charge in [-0.05, 0) is 29.3 Å². The zero-order chi connectivity index (χ0) is 23.6. The number of hydrogen-bond acceptors (Lipinski definition) is 5. The molecule has 8 nitrogen and oxygen atoms in total. The molecule has 0 saturated carbocycles. The number of fused-ring (bicyclic) bond motifs is 1. The fourth-order valence-corrected chi connectivity index (χ4v) is 3.84. The number of rotatable bonds is 5. The lowest BCUT2D eigenvalue weighted by molar-refractivity contribution is -0.131. The van der Waals surface area contributed by atoms with Gasteiger partial charge in [-0.2, -0.15) is 5.26 Å². The van der Waals surface area contributed by atoms with E-state index in [9.17, 15) is 23.2 Å². The summed E-state index contributed by atoms with van der Waals surface area (Å²) in [7, 11) is 0. The molecule has 1 fully saturated rings. The number of carbonyl (C=O) groups excluding carboxylic acids is 3. The van der Waals surface area contributed by atoms with Crippen molar-refractivity contribution in [3.05, 3.63) is 64.5 Å². The molecule has 0 radical (unpaired) electrons. The van der Waals surface area contributed by atoms with Gasteiger partial charge in [0, 0.05) is 42.0 Å². The predicted octanol–water partition coefficient (Wildman–Crippen LogP) is 1.98. The zero-order valence-corrected chi connectivity index (χ0v) is 17.3. The topological polar surface area (TPSA) is 115 Å². The van der Waals surface area contributed by atoms with Crippen LogP contribution in [-0.2, 0) is 11.3 Å². The van der Waals surface area contributed by atoms with Crippen LogP contribution in [0.5, 0.6) is 0 Å². The smallest absolute Gasteiger partial charge is 0.268 e. The first kappa shape index (κ1) is 22.1. The van der Waals surface area contributed by atoms with Crippen molar-refractivity contribution < 1.29 is 23.2 Å². The van der Waals surface area contributed by atoms with Gasteiger partial charge in [0.15, 0.2) is 0 Å². The van der Waals surface area contributed by atoms with Crippen LogP contribution in [0.2, 0.25) is 0 Å². The number of nitrogens with zero attached hydrogens (tertiary/aromatic N) is 3. The first-order valence-electron chi connectivity index (χ1n) is 10.2. The van der Waals surface area contributed by atoms with Gasteiger partial charge in [-0.25, -0.2) is 8.78 Å². The summed E-state index contributed by atoms with van der Waals surface area (Å²) in [5, 5.41) is 14.2. The number of alkyl halides is 2. The maximum absolute atomic E-state index is 13.6. The van der Waals surface area contributed by atoms with Crippen LogP contribution in [0.25, 0.3) is 12.2 Å².